The van der Waals surface area contributed by atoms with Crippen molar-refractivity contribution in [1.29, 1.82) is 5.26 Å². The lowest BCUT2D eigenvalue weighted by Gasteiger charge is -2.35. The zero-order chi connectivity index (χ0) is 21.1. The Morgan fingerprint density at radius 1 is 1.41 bits per heavy atom. The van der Waals surface area contributed by atoms with E-state index in [1.54, 1.807) is 18.9 Å². The second-order valence-corrected chi connectivity index (χ2v) is 7.63. The Balaban J connectivity index is 2.25. The van der Waals surface area contributed by atoms with Gasteiger partial charge in [-0.25, -0.2) is 9.79 Å². The predicted molar refractivity (Wildman–Crippen MR) is 113 cm³/mol. The van der Waals surface area contributed by atoms with Gasteiger partial charge < -0.3 is 15.2 Å². The molecule has 0 amide bonds. The highest BCUT2D eigenvalue weighted by Crippen LogP contribution is 2.46. The summed E-state index contributed by atoms with van der Waals surface area (Å²) in [6.07, 6.45) is 1.44. The lowest BCUT2D eigenvalue weighted by atomic mass is 9.92. The first-order valence-corrected chi connectivity index (χ1v) is 10.3. The number of carbonyl (C=O) groups excluding carboxylic acids is 1. The summed E-state index contributed by atoms with van der Waals surface area (Å²) in [6.45, 7) is 6.01. The topological polar surface area (TPSA) is 101 Å². The van der Waals surface area contributed by atoms with Crippen LogP contribution in [-0.4, -0.2) is 29.8 Å². The molecule has 2 aliphatic heterocycles. The number of carbonyl (C=O) groups is 1. The number of aliphatic imine (C=N–C) groups is 1. The monoisotopic (exact) mass is 412 g/mol. The van der Waals surface area contributed by atoms with Crippen LogP contribution in [0, 0.1) is 18.3 Å². The maximum Gasteiger partial charge on any atom is 0.338 e. The SMILES string of the molecule is CCCC1=C(C(=O)OCC)[C@@H](c2ccc(C)c(OC)c2)N2C(=N1)SC(C#N)=C2N. The van der Waals surface area contributed by atoms with E-state index in [0.717, 1.165) is 17.5 Å². The van der Waals surface area contributed by atoms with Crippen molar-refractivity contribution in [3.63, 3.8) is 0 Å². The molecule has 1 aromatic carbocycles. The Hall–Kier alpha value is -2.92. The van der Waals surface area contributed by atoms with Crippen LogP contribution in [-0.2, 0) is 9.53 Å². The number of rotatable bonds is 6. The number of nitrogens with two attached hydrogens (primary N) is 1. The summed E-state index contributed by atoms with van der Waals surface area (Å²) >= 11 is 1.22. The van der Waals surface area contributed by atoms with Crippen LogP contribution in [0.15, 0.2) is 45.2 Å². The van der Waals surface area contributed by atoms with Gasteiger partial charge in [-0.05, 0) is 49.2 Å². The van der Waals surface area contributed by atoms with Crippen molar-refractivity contribution in [2.24, 2.45) is 10.7 Å². The molecule has 3 rings (SSSR count). The minimum absolute atomic E-state index is 0.256. The Labute approximate surface area is 174 Å². The normalized spacial score (nSPS) is 18.4. The second kappa shape index (κ2) is 8.62. The summed E-state index contributed by atoms with van der Waals surface area (Å²) in [6, 6.07) is 7.36. The molecule has 0 unspecified atom stereocenters. The van der Waals surface area contributed by atoms with E-state index in [1.165, 1.54) is 11.8 Å². The third-order valence-electron chi connectivity index (χ3n) is 4.80. The summed E-state index contributed by atoms with van der Waals surface area (Å²) in [4.78, 5) is 19.8. The smallest absolute Gasteiger partial charge is 0.338 e. The average Bonchev–Trinajstić information content (AvgIpc) is 3.03. The van der Waals surface area contributed by atoms with Crippen molar-refractivity contribution < 1.29 is 14.3 Å². The molecule has 0 saturated heterocycles. The van der Waals surface area contributed by atoms with Crippen molar-refractivity contribution in [1.82, 2.24) is 4.90 Å². The molecule has 0 fully saturated rings. The molecule has 152 valence electrons. The van der Waals surface area contributed by atoms with Gasteiger partial charge in [0.15, 0.2) is 5.17 Å². The molecule has 7 nitrogen and oxygen atoms in total. The van der Waals surface area contributed by atoms with Crippen molar-refractivity contribution >= 4 is 22.9 Å². The number of fused-ring (bicyclic) bond motifs is 1. The zero-order valence-corrected chi connectivity index (χ0v) is 17.8. The molecule has 0 aliphatic carbocycles. The number of allylic oxidation sites excluding steroid dienone is 2. The number of ether oxygens (including phenoxy) is 2. The molecule has 0 aromatic heterocycles. The first-order valence-electron chi connectivity index (χ1n) is 9.47. The molecule has 2 heterocycles. The van der Waals surface area contributed by atoms with Gasteiger partial charge in [0.05, 0.1) is 31.0 Å². The lowest BCUT2D eigenvalue weighted by molar-refractivity contribution is -0.139. The molecule has 0 spiro atoms. The van der Waals surface area contributed by atoms with Crippen LogP contribution in [0.4, 0.5) is 0 Å². The molecular formula is C21H24N4O3S. The van der Waals surface area contributed by atoms with E-state index >= 15 is 0 Å². The van der Waals surface area contributed by atoms with E-state index < -0.39 is 12.0 Å². The van der Waals surface area contributed by atoms with Gasteiger partial charge in [0.1, 0.15) is 22.5 Å². The first-order chi connectivity index (χ1) is 14.0. The minimum Gasteiger partial charge on any atom is -0.496 e. The van der Waals surface area contributed by atoms with Crippen LogP contribution in [0.3, 0.4) is 0 Å². The van der Waals surface area contributed by atoms with Gasteiger partial charge in [0, 0.05) is 0 Å². The van der Waals surface area contributed by atoms with E-state index in [-0.39, 0.29) is 12.4 Å². The van der Waals surface area contributed by atoms with Gasteiger partial charge in [0.25, 0.3) is 0 Å². The molecule has 1 atom stereocenters. The van der Waals surface area contributed by atoms with Crippen LogP contribution >= 0.6 is 11.8 Å². The molecule has 1 aromatic rings. The number of nitrogens with zero attached hydrogens (tertiary/aromatic N) is 3. The largest absolute Gasteiger partial charge is 0.496 e. The number of nitriles is 1. The molecule has 2 aliphatic rings. The van der Waals surface area contributed by atoms with Crippen LogP contribution in [0.2, 0.25) is 0 Å². The number of aryl methyl sites for hydroxylation is 1. The highest BCUT2D eigenvalue weighted by Gasteiger charge is 2.43. The van der Waals surface area contributed by atoms with Crippen LogP contribution < -0.4 is 10.5 Å². The maximum absolute atomic E-state index is 13.0. The molecule has 2 N–H and O–H groups in total. The van der Waals surface area contributed by atoms with Gasteiger partial charge >= 0.3 is 5.97 Å². The summed E-state index contributed by atoms with van der Waals surface area (Å²) in [5, 5.41) is 10.1. The summed E-state index contributed by atoms with van der Waals surface area (Å²) < 4.78 is 10.9. The number of hydrogen-bond donors (Lipinski definition) is 1. The molecule has 29 heavy (non-hydrogen) atoms. The number of esters is 1. The number of amidine groups is 1. The number of methoxy groups -OCH3 is 1. The summed E-state index contributed by atoms with van der Waals surface area (Å²) in [7, 11) is 1.61. The van der Waals surface area contributed by atoms with Crippen molar-refractivity contribution in [2.75, 3.05) is 13.7 Å². The van der Waals surface area contributed by atoms with Gasteiger partial charge in [-0.1, -0.05) is 25.5 Å². The van der Waals surface area contributed by atoms with Gasteiger partial charge in [0.2, 0.25) is 0 Å². The third-order valence-corrected chi connectivity index (χ3v) is 5.77. The van der Waals surface area contributed by atoms with Crippen molar-refractivity contribution in [3.8, 4) is 11.8 Å². The lowest BCUT2D eigenvalue weighted by Crippen LogP contribution is -2.39. The standard InChI is InChI=1S/C21H24N4O3S/c1-5-7-14-17(20(26)28-6-2)18(13-9-8-12(3)15(10-13)27-4)25-19(23)16(11-22)29-21(25)24-14/h8-10,18H,5-7,23H2,1-4H3/t18-/m1/s1. The minimum atomic E-state index is -0.545. The molecular weight excluding hydrogens is 388 g/mol. The van der Waals surface area contributed by atoms with E-state index in [1.807, 2.05) is 32.0 Å². The van der Waals surface area contributed by atoms with Crippen molar-refractivity contribution in [3.05, 3.63) is 51.3 Å². The Morgan fingerprint density at radius 3 is 2.79 bits per heavy atom. The Bertz CT molecular complexity index is 975. The van der Waals surface area contributed by atoms with Crippen LogP contribution in [0.25, 0.3) is 0 Å². The molecule has 8 heteroatoms. The highest BCUT2D eigenvalue weighted by molar-refractivity contribution is 8.17. The summed E-state index contributed by atoms with van der Waals surface area (Å²) in [5.74, 6) is 0.575. The maximum atomic E-state index is 13.0. The van der Waals surface area contributed by atoms with Crippen molar-refractivity contribution in [2.45, 2.75) is 39.7 Å². The Kier molecular flexibility index (Phi) is 6.18. The Morgan fingerprint density at radius 2 is 2.17 bits per heavy atom. The number of thioether (sulfide) groups is 1. The van der Waals surface area contributed by atoms with Crippen LogP contribution in [0.1, 0.15) is 43.9 Å². The number of hydrogen-bond acceptors (Lipinski definition) is 8. The highest BCUT2D eigenvalue weighted by atomic mass is 32.2. The van der Waals surface area contributed by atoms with Gasteiger partial charge in [-0.2, -0.15) is 5.26 Å². The van der Waals surface area contributed by atoms with Gasteiger partial charge in [-0.3, -0.25) is 4.90 Å². The quantitative estimate of drug-likeness (QED) is 0.710. The first kappa shape index (κ1) is 20.8. The second-order valence-electron chi connectivity index (χ2n) is 6.66. The fraction of sp³-hybridized carbons (Fsp3) is 0.381. The zero-order valence-electron chi connectivity index (χ0n) is 17.0. The fourth-order valence-corrected chi connectivity index (χ4v) is 4.35. The van der Waals surface area contributed by atoms with Gasteiger partial charge in [-0.15, -0.1) is 0 Å². The van der Waals surface area contributed by atoms with E-state index in [0.29, 0.717) is 33.5 Å². The summed E-state index contributed by atoms with van der Waals surface area (Å²) in [5.41, 5.74) is 9.22. The van der Waals surface area contributed by atoms with E-state index in [9.17, 15) is 10.1 Å². The van der Waals surface area contributed by atoms with Crippen LogP contribution in [0.5, 0.6) is 5.75 Å². The van der Waals surface area contributed by atoms with E-state index in [4.69, 9.17) is 15.2 Å². The average molecular weight is 413 g/mol. The molecule has 0 radical (unpaired) electrons. The predicted octanol–water partition coefficient (Wildman–Crippen LogP) is 3.73. The third kappa shape index (κ3) is 3.70. The number of benzene rings is 1. The van der Waals surface area contributed by atoms with E-state index in [2.05, 4.69) is 11.1 Å². The molecule has 0 bridgehead atoms. The molecule has 0 saturated carbocycles. The fourth-order valence-electron chi connectivity index (χ4n) is 3.46.